The molecule has 0 amide bonds. The first-order valence-electron chi connectivity index (χ1n) is 13.8. The summed E-state index contributed by atoms with van der Waals surface area (Å²) in [5, 5.41) is 41.8. The average Bonchev–Trinajstić information content (AvgIpc) is 3.41. The Labute approximate surface area is 245 Å². The normalized spacial score (nSPS) is 31.1. The van der Waals surface area contributed by atoms with Crippen LogP contribution in [0, 0.1) is 24.4 Å². The lowest BCUT2D eigenvalue weighted by atomic mass is 9.80. The van der Waals surface area contributed by atoms with E-state index in [0.717, 1.165) is 17.7 Å². The summed E-state index contributed by atoms with van der Waals surface area (Å²) in [4.78, 5) is 4.70. The van der Waals surface area contributed by atoms with Gasteiger partial charge in [-0.1, -0.05) is 11.3 Å². The zero-order valence-corrected chi connectivity index (χ0v) is 24.8. The van der Waals surface area contributed by atoms with Crippen LogP contribution < -0.4 is 0 Å². The second-order valence-electron chi connectivity index (χ2n) is 11.8. The minimum atomic E-state index is -1.58. The summed E-state index contributed by atoms with van der Waals surface area (Å²) in [6.45, 7) is 5.78. The first-order valence-corrected chi connectivity index (χ1v) is 15.5. The van der Waals surface area contributed by atoms with Crippen LogP contribution in [0.3, 0.4) is 0 Å². The molecule has 2 saturated heterocycles. The minimum absolute atomic E-state index is 0.0204. The number of methoxy groups -OCH3 is 1. The average molecular weight is 611 g/mol. The summed E-state index contributed by atoms with van der Waals surface area (Å²) in [5.41, 5.74) is -0.152. The largest absolute Gasteiger partial charge is 0.395 e. The topological polar surface area (TPSA) is 123 Å². The lowest BCUT2D eigenvalue weighted by Crippen LogP contribution is -2.55. The number of aliphatic hydroxyl groups is 3. The Kier molecular flexibility index (Phi) is 8.72. The molecule has 0 spiro atoms. The van der Waals surface area contributed by atoms with Crippen LogP contribution in [0.5, 0.6) is 0 Å². The van der Waals surface area contributed by atoms with Crippen molar-refractivity contribution in [2.45, 2.75) is 73.6 Å². The van der Waals surface area contributed by atoms with Crippen LogP contribution >= 0.6 is 10.9 Å². The van der Waals surface area contributed by atoms with Crippen molar-refractivity contribution in [2.24, 2.45) is 0 Å². The molecule has 5 rings (SSSR count). The van der Waals surface area contributed by atoms with Crippen molar-refractivity contribution in [2.75, 3.05) is 26.1 Å². The lowest BCUT2D eigenvalue weighted by molar-refractivity contribution is -0.145. The molecule has 2 aromatic heterocycles. The maximum atomic E-state index is 13.9. The van der Waals surface area contributed by atoms with E-state index >= 15 is 0 Å². The monoisotopic (exact) mass is 610 g/mol. The molecule has 0 saturated carbocycles. The summed E-state index contributed by atoms with van der Waals surface area (Å²) in [7, 11) is 0.157. The highest BCUT2D eigenvalue weighted by Gasteiger charge is 2.54. The number of rotatable bonds is 7. The van der Waals surface area contributed by atoms with Crippen LogP contribution in [0.4, 0.5) is 13.2 Å². The molecular formula is C29H37F3N4O5S. The molecule has 1 unspecified atom stereocenters. The molecule has 13 heteroatoms. The number of ether oxygens (including phenoxy) is 2. The van der Waals surface area contributed by atoms with Gasteiger partial charge in [0.05, 0.1) is 53.8 Å². The van der Waals surface area contributed by atoms with E-state index in [4.69, 9.17) is 14.5 Å². The third-order valence-electron chi connectivity index (χ3n) is 8.44. The number of benzene rings is 1. The number of hydrogen-bond acceptors (Lipinski definition) is 8. The maximum absolute atomic E-state index is 13.9. The fourth-order valence-corrected chi connectivity index (χ4v) is 10.4. The van der Waals surface area contributed by atoms with Gasteiger partial charge >= 0.3 is 0 Å². The number of halogens is 3. The van der Waals surface area contributed by atoms with Crippen molar-refractivity contribution in [3.05, 3.63) is 65.4 Å². The minimum Gasteiger partial charge on any atom is -0.395 e. The Hall–Kier alpha value is -2.55. The molecule has 4 heterocycles. The highest BCUT2D eigenvalue weighted by molar-refractivity contribution is 8.18. The molecular weight excluding hydrogens is 573 g/mol. The maximum Gasteiger partial charge on any atom is 0.194 e. The van der Waals surface area contributed by atoms with Crippen molar-refractivity contribution in [1.82, 2.24) is 20.0 Å². The van der Waals surface area contributed by atoms with Crippen molar-refractivity contribution in [1.29, 1.82) is 0 Å². The fraction of sp³-hybridized carbons (Fsp3) is 0.552. The number of aromatic nitrogens is 4. The third-order valence-corrected chi connectivity index (χ3v) is 11.9. The number of aryl methyl sites for hydroxylation is 1. The highest BCUT2D eigenvalue weighted by Crippen LogP contribution is 2.60. The van der Waals surface area contributed by atoms with Gasteiger partial charge in [-0.25, -0.2) is 28.7 Å². The van der Waals surface area contributed by atoms with Crippen molar-refractivity contribution in [3.63, 3.8) is 0 Å². The van der Waals surface area contributed by atoms with Gasteiger partial charge in [0.15, 0.2) is 17.5 Å². The molecule has 0 aliphatic carbocycles. The molecule has 1 aromatic carbocycles. The third kappa shape index (κ3) is 5.70. The van der Waals surface area contributed by atoms with Crippen LogP contribution in [-0.4, -0.2) is 90.0 Å². The molecule has 2 aliphatic heterocycles. The molecule has 3 aromatic rings. The molecule has 2 aliphatic rings. The molecule has 230 valence electrons. The fourth-order valence-electron chi connectivity index (χ4n) is 6.52. The van der Waals surface area contributed by atoms with Gasteiger partial charge in [-0.3, -0.25) is 4.98 Å². The van der Waals surface area contributed by atoms with Gasteiger partial charge in [-0.05, 0) is 44.5 Å². The van der Waals surface area contributed by atoms with E-state index < -0.39 is 68.3 Å². The van der Waals surface area contributed by atoms with E-state index in [-0.39, 0.29) is 17.9 Å². The van der Waals surface area contributed by atoms with E-state index in [1.165, 1.54) is 18.0 Å². The summed E-state index contributed by atoms with van der Waals surface area (Å²) < 4.78 is 54.5. The Morgan fingerprint density at radius 2 is 1.95 bits per heavy atom. The zero-order chi connectivity index (χ0) is 30.4. The molecule has 42 heavy (non-hydrogen) atoms. The number of pyridine rings is 1. The van der Waals surface area contributed by atoms with Gasteiger partial charge in [-0.2, -0.15) is 0 Å². The molecule has 0 bridgehead atoms. The van der Waals surface area contributed by atoms with Crippen LogP contribution in [0.25, 0.3) is 11.3 Å². The van der Waals surface area contributed by atoms with Crippen LogP contribution in [-0.2, 0) is 9.47 Å². The van der Waals surface area contributed by atoms with Crippen LogP contribution in [0.1, 0.15) is 49.2 Å². The molecule has 9 nitrogen and oxygen atoms in total. The standard InChI is InChI=1S/C29H37F3N4O5S/c1-16-6-5-8-33-24(16)27(29(39)7-9-41-28(2,3)15-29)42-14-21(40-4)25(26(38)22(42)13-37)36-12-20(34-35-36)17-10-18(30)23(32)19(31)11-17/h5-6,8,10-12,21-22,25-27,37-39,42H,7,9,13-15H2,1-4H3/t21-,22+,25+,26-,27-,29+/m0/s1. The number of nitrogens with zero attached hydrogens (tertiary/aromatic N) is 4. The second kappa shape index (κ2) is 11.9. The SMILES string of the molecule is CO[C@H]1C[SH]([C@@H](c2ncccc2C)[C@@]2(O)CCOC(C)(C)C2)[C@H](CO)[C@H](O)[C@@H]1n1cc(-c2cc(F)c(F)c(F)c2)nn1. The molecule has 3 N–H and O–H groups in total. The van der Waals surface area contributed by atoms with E-state index in [1.807, 2.05) is 32.9 Å². The smallest absolute Gasteiger partial charge is 0.194 e. The van der Waals surface area contributed by atoms with Gasteiger partial charge in [-0.15, -0.1) is 5.10 Å². The van der Waals surface area contributed by atoms with Crippen molar-refractivity contribution >= 4 is 10.9 Å². The summed E-state index contributed by atoms with van der Waals surface area (Å²) in [6.07, 6.45) is 1.99. The van der Waals surface area contributed by atoms with E-state index in [9.17, 15) is 28.5 Å². The van der Waals surface area contributed by atoms with Gasteiger partial charge in [0, 0.05) is 42.7 Å². The quantitative estimate of drug-likeness (QED) is 0.237. The first kappa shape index (κ1) is 30.9. The van der Waals surface area contributed by atoms with E-state index in [2.05, 4.69) is 10.3 Å². The van der Waals surface area contributed by atoms with E-state index in [0.29, 0.717) is 30.9 Å². The molecule has 2 fully saturated rings. The second-order valence-corrected chi connectivity index (χ2v) is 14.4. The number of aliphatic hydroxyl groups excluding tert-OH is 2. The first-order chi connectivity index (χ1) is 19.9. The Morgan fingerprint density at radius 1 is 1.24 bits per heavy atom. The number of hydrogen-bond donors (Lipinski definition) is 4. The lowest BCUT2D eigenvalue weighted by Gasteiger charge is -2.54. The Morgan fingerprint density at radius 3 is 2.57 bits per heavy atom. The molecule has 7 atom stereocenters. The van der Waals surface area contributed by atoms with Gasteiger partial charge in [0.1, 0.15) is 11.7 Å². The predicted octanol–water partition coefficient (Wildman–Crippen LogP) is 3.42. The van der Waals surface area contributed by atoms with Gasteiger partial charge in [0.25, 0.3) is 0 Å². The van der Waals surface area contributed by atoms with E-state index in [1.54, 1.807) is 6.20 Å². The van der Waals surface area contributed by atoms with Crippen LogP contribution in [0.2, 0.25) is 0 Å². The highest BCUT2D eigenvalue weighted by atomic mass is 32.2. The Balaban J connectivity index is 1.54. The summed E-state index contributed by atoms with van der Waals surface area (Å²) in [6, 6.07) is 4.60. The zero-order valence-electron chi connectivity index (χ0n) is 23.9. The molecule has 0 radical (unpaired) electrons. The van der Waals surface area contributed by atoms with Gasteiger partial charge in [0.2, 0.25) is 0 Å². The Bertz CT molecular complexity index is 1400. The summed E-state index contributed by atoms with van der Waals surface area (Å²) >= 11 is 0. The van der Waals surface area contributed by atoms with Gasteiger partial charge < -0.3 is 24.8 Å². The van der Waals surface area contributed by atoms with Crippen LogP contribution in [0.15, 0.2) is 36.7 Å². The number of thiol groups is 1. The predicted molar refractivity (Wildman–Crippen MR) is 152 cm³/mol. The van der Waals surface area contributed by atoms with Crippen molar-refractivity contribution in [3.8, 4) is 11.3 Å². The van der Waals surface area contributed by atoms with Crippen molar-refractivity contribution < 1.29 is 38.0 Å². The summed E-state index contributed by atoms with van der Waals surface area (Å²) in [5.74, 6) is -3.91.